The number of carbonyl (C=O) groups is 1. The Hall–Kier alpha value is -0.0531. The van der Waals surface area contributed by atoms with Crippen LogP contribution >= 0.6 is 15.9 Å². The van der Waals surface area contributed by atoms with Crippen molar-refractivity contribution in [2.75, 3.05) is 18.5 Å². The molecule has 2 fully saturated rings. The van der Waals surface area contributed by atoms with E-state index in [0.29, 0.717) is 24.3 Å². The van der Waals surface area contributed by atoms with Crippen LogP contribution in [0.1, 0.15) is 66.7 Å². The van der Waals surface area contributed by atoms with Crippen molar-refractivity contribution in [2.24, 2.45) is 22.7 Å². The normalized spacial score (nSPS) is 38.0. The second-order valence-electron chi connectivity index (χ2n) is 12.1. The van der Waals surface area contributed by atoms with Crippen molar-refractivity contribution >= 4 is 30.0 Å². The summed E-state index contributed by atoms with van der Waals surface area (Å²) in [4.78, 5) is 12.8. The molecule has 0 heterocycles. The van der Waals surface area contributed by atoms with Gasteiger partial charge in [-0.3, -0.25) is 4.79 Å². The van der Waals surface area contributed by atoms with Crippen molar-refractivity contribution in [3.63, 3.8) is 0 Å². The van der Waals surface area contributed by atoms with Crippen molar-refractivity contribution in [3.05, 3.63) is 12.2 Å². The highest BCUT2D eigenvalue weighted by Crippen LogP contribution is 2.64. The van der Waals surface area contributed by atoms with Crippen molar-refractivity contribution in [1.82, 2.24) is 0 Å². The quantitative estimate of drug-likeness (QED) is 0.235. The minimum atomic E-state index is -2.01. The van der Waals surface area contributed by atoms with Crippen LogP contribution in [0.3, 0.4) is 0 Å². The Labute approximate surface area is 210 Å². The third-order valence-corrected chi connectivity index (χ3v) is 14.4. The SMILES string of the molecule is CCOC(CBr)O[C@@H]1C[C@H]2CCC[C@@H](O[Si](C)(C)C(C)(C)C)[C@]2(C)[C@@H]2CC(=O)C=C[C@@]21CO. The zero-order chi connectivity index (χ0) is 24.7. The summed E-state index contributed by atoms with van der Waals surface area (Å²) in [6, 6.07) is 0. The topological polar surface area (TPSA) is 65.0 Å². The van der Waals surface area contributed by atoms with E-state index in [2.05, 4.69) is 56.7 Å². The number of hydrogen-bond donors (Lipinski definition) is 1. The zero-order valence-electron chi connectivity index (χ0n) is 21.7. The lowest BCUT2D eigenvalue weighted by Crippen LogP contribution is -2.66. The Balaban J connectivity index is 2.04. The highest BCUT2D eigenvalue weighted by Gasteiger charge is 2.64. The maximum Gasteiger partial charge on any atom is 0.192 e. The lowest BCUT2D eigenvalue weighted by molar-refractivity contribution is -0.247. The van der Waals surface area contributed by atoms with Gasteiger partial charge in [-0.1, -0.05) is 56.1 Å². The molecule has 0 radical (unpaired) electrons. The van der Waals surface area contributed by atoms with Gasteiger partial charge in [0.15, 0.2) is 20.4 Å². The summed E-state index contributed by atoms with van der Waals surface area (Å²) in [5.74, 6) is 0.500. The van der Waals surface area contributed by atoms with Crippen LogP contribution in [0.25, 0.3) is 0 Å². The molecule has 0 aromatic heterocycles. The highest BCUT2D eigenvalue weighted by atomic mass is 79.9. The Morgan fingerprint density at radius 3 is 2.55 bits per heavy atom. The Kier molecular flexibility index (Phi) is 8.46. The van der Waals surface area contributed by atoms with Crippen LogP contribution in [0.4, 0.5) is 0 Å². The second-order valence-corrected chi connectivity index (χ2v) is 17.5. The first kappa shape index (κ1) is 27.5. The van der Waals surface area contributed by atoms with E-state index in [1.807, 2.05) is 13.0 Å². The van der Waals surface area contributed by atoms with E-state index in [-0.39, 0.29) is 47.3 Å². The average Bonchev–Trinajstić information content (AvgIpc) is 2.74. The largest absolute Gasteiger partial charge is 0.413 e. The van der Waals surface area contributed by atoms with Crippen LogP contribution in [-0.2, 0) is 18.7 Å². The van der Waals surface area contributed by atoms with E-state index in [1.165, 1.54) is 0 Å². The Morgan fingerprint density at radius 2 is 1.97 bits per heavy atom. The molecular weight excluding hydrogens is 500 g/mol. The number of fused-ring (bicyclic) bond motifs is 3. The standard InChI is InChI=1S/C26H45BrO5Si/c1-8-30-23(16-27)31-22-14-18-10-9-11-21(32-33(6,7)24(2,3)4)25(18,5)20-15-19(29)12-13-26(20,22)17-28/h12-13,18,20-23,28H,8-11,14-17H2,1-7H3/t18-,20+,21-,22-,23?,25+,26-/m1/s1. The summed E-state index contributed by atoms with van der Waals surface area (Å²) in [5.41, 5.74) is -0.796. The summed E-state index contributed by atoms with van der Waals surface area (Å²) in [5, 5.41) is 11.6. The molecule has 33 heavy (non-hydrogen) atoms. The number of halogens is 1. The Morgan fingerprint density at radius 1 is 1.27 bits per heavy atom. The molecule has 0 amide bonds. The molecule has 2 saturated carbocycles. The number of carbonyl (C=O) groups excluding carboxylic acids is 1. The van der Waals surface area contributed by atoms with Gasteiger partial charge in [0.2, 0.25) is 0 Å². The summed E-state index contributed by atoms with van der Waals surface area (Å²) in [6.07, 6.45) is 7.69. The molecule has 3 rings (SSSR count). The molecule has 0 saturated heterocycles. The third kappa shape index (κ3) is 4.97. The summed E-state index contributed by atoms with van der Waals surface area (Å²) in [7, 11) is -2.01. The minimum absolute atomic E-state index is 0.0241. The maximum absolute atomic E-state index is 12.8. The van der Waals surface area contributed by atoms with Crippen LogP contribution in [-0.4, -0.2) is 56.2 Å². The predicted octanol–water partition coefficient (Wildman–Crippen LogP) is 5.85. The number of ether oxygens (including phenoxy) is 2. The van der Waals surface area contributed by atoms with E-state index in [1.54, 1.807) is 6.08 Å². The molecule has 1 unspecified atom stereocenters. The number of aliphatic hydroxyl groups is 1. The lowest BCUT2D eigenvalue weighted by Gasteiger charge is -2.64. The lowest BCUT2D eigenvalue weighted by atomic mass is 9.44. The molecule has 0 aromatic carbocycles. The molecule has 1 N–H and O–H groups in total. The van der Waals surface area contributed by atoms with Gasteiger partial charge in [0.05, 0.1) is 24.1 Å². The van der Waals surface area contributed by atoms with E-state index >= 15 is 0 Å². The smallest absolute Gasteiger partial charge is 0.192 e. The van der Waals surface area contributed by atoms with Gasteiger partial charge >= 0.3 is 0 Å². The minimum Gasteiger partial charge on any atom is -0.413 e. The van der Waals surface area contributed by atoms with Crippen LogP contribution in [0, 0.1) is 22.7 Å². The van der Waals surface area contributed by atoms with Crippen LogP contribution in [0.5, 0.6) is 0 Å². The van der Waals surface area contributed by atoms with Crippen molar-refractivity contribution in [3.8, 4) is 0 Å². The van der Waals surface area contributed by atoms with E-state index in [4.69, 9.17) is 13.9 Å². The molecule has 7 heteroatoms. The highest BCUT2D eigenvalue weighted by molar-refractivity contribution is 9.09. The van der Waals surface area contributed by atoms with Crippen molar-refractivity contribution < 1.29 is 23.8 Å². The summed E-state index contributed by atoms with van der Waals surface area (Å²) < 4.78 is 19.5. The van der Waals surface area contributed by atoms with Crippen LogP contribution < -0.4 is 0 Å². The van der Waals surface area contributed by atoms with Gasteiger partial charge in [-0.2, -0.15) is 0 Å². The van der Waals surface area contributed by atoms with Gasteiger partial charge in [0.25, 0.3) is 0 Å². The van der Waals surface area contributed by atoms with Crippen LogP contribution in [0.15, 0.2) is 12.2 Å². The van der Waals surface area contributed by atoms with Gasteiger partial charge in [0.1, 0.15) is 0 Å². The molecule has 0 aromatic rings. The number of hydrogen-bond acceptors (Lipinski definition) is 5. The number of ketones is 1. The molecule has 0 aliphatic heterocycles. The number of rotatable bonds is 8. The van der Waals surface area contributed by atoms with Gasteiger partial charge < -0.3 is 19.0 Å². The zero-order valence-corrected chi connectivity index (χ0v) is 24.2. The first-order valence-electron chi connectivity index (χ1n) is 12.7. The fraction of sp³-hybridized carbons (Fsp3) is 0.885. The molecule has 0 spiro atoms. The number of allylic oxidation sites excluding steroid dienone is 1. The molecule has 0 bridgehead atoms. The third-order valence-electron chi connectivity index (χ3n) is 9.39. The first-order chi connectivity index (χ1) is 15.4. The monoisotopic (exact) mass is 544 g/mol. The molecular formula is C26H45BrO5Si. The average molecular weight is 546 g/mol. The van der Waals surface area contributed by atoms with Crippen molar-refractivity contribution in [2.45, 2.75) is 103 Å². The van der Waals surface area contributed by atoms with Gasteiger partial charge in [-0.25, -0.2) is 0 Å². The molecule has 3 aliphatic rings. The van der Waals surface area contributed by atoms with Crippen molar-refractivity contribution in [1.29, 1.82) is 0 Å². The number of alkyl halides is 1. The second kappa shape index (κ2) is 10.1. The molecule has 7 atom stereocenters. The molecule has 3 aliphatic carbocycles. The first-order valence-corrected chi connectivity index (χ1v) is 16.7. The van der Waals surface area contributed by atoms with E-state index in [9.17, 15) is 9.90 Å². The van der Waals surface area contributed by atoms with Crippen LogP contribution in [0.2, 0.25) is 18.1 Å². The van der Waals surface area contributed by atoms with E-state index < -0.39 is 13.7 Å². The predicted molar refractivity (Wildman–Crippen MR) is 138 cm³/mol. The fourth-order valence-corrected chi connectivity index (χ4v) is 8.18. The fourth-order valence-electron chi connectivity index (χ4n) is 6.40. The summed E-state index contributed by atoms with van der Waals surface area (Å²) in [6.45, 7) is 16.3. The van der Waals surface area contributed by atoms with E-state index in [0.717, 1.165) is 25.7 Å². The number of aliphatic hydroxyl groups excluding tert-OH is 1. The van der Waals surface area contributed by atoms with Gasteiger partial charge in [-0.05, 0) is 67.6 Å². The molecule has 190 valence electrons. The summed E-state index contributed by atoms with van der Waals surface area (Å²) >= 11 is 3.52. The van der Waals surface area contributed by atoms with Gasteiger partial charge in [0, 0.05) is 18.4 Å². The molecule has 5 nitrogen and oxygen atoms in total. The van der Waals surface area contributed by atoms with Gasteiger partial charge in [-0.15, -0.1) is 0 Å². The Bertz CT molecular complexity index is 735. The maximum atomic E-state index is 12.8.